The van der Waals surface area contributed by atoms with Crippen molar-refractivity contribution >= 4 is 23.3 Å². The average Bonchev–Trinajstić information content (AvgIpc) is 2.34. The molecule has 0 aliphatic carbocycles. The zero-order chi connectivity index (χ0) is 13.5. The van der Waals surface area contributed by atoms with Gasteiger partial charge in [-0.15, -0.1) is 0 Å². The molecule has 0 heterocycles. The summed E-state index contributed by atoms with van der Waals surface area (Å²) in [6, 6.07) is 3.72. The molecule has 1 aromatic carbocycles. The van der Waals surface area contributed by atoms with Crippen LogP contribution in [-0.2, 0) is 9.47 Å². The number of nitro groups is 1. The van der Waals surface area contributed by atoms with Gasteiger partial charge in [-0.25, -0.2) is 4.79 Å². The van der Waals surface area contributed by atoms with Gasteiger partial charge in [0.1, 0.15) is 12.2 Å². The smallest absolute Gasteiger partial charge is 0.345 e. The summed E-state index contributed by atoms with van der Waals surface area (Å²) in [5.74, 6) is -0.788. The molecule has 0 saturated carbocycles. The highest BCUT2D eigenvalue weighted by Crippen LogP contribution is 2.23. The number of carbonyl (C=O) groups excluding carboxylic acids is 1. The van der Waals surface area contributed by atoms with Crippen molar-refractivity contribution in [1.82, 2.24) is 0 Å². The van der Waals surface area contributed by atoms with Crippen LogP contribution < -0.4 is 0 Å². The van der Waals surface area contributed by atoms with Gasteiger partial charge in [0.25, 0.3) is 5.69 Å². The maximum absolute atomic E-state index is 11.6. The minimum absolute atomic E-state index is 0.0380. The monoisotopic (exact) mass is 273 g/mol. The van der Waals surface area contributed by atoms with Crippen LogP contribution in [-0.4, -0.2) is 30.7 Å². The molecule has 18 heavy (non-hydrogen) atoms. The minimum atomic E-state index is -0.788. The second-order valence-corrected chi connectivity index (χ2v) is 3.69. The Kier molecular flexibility index (Phi) is 5.54. The van der Waals surface area contributed by atoms with E-state index in [1.807, 2.05) is 6.92 Å². The third kappa shape index (κ3) is 3.97. The van der Waals surface area contributed by atoms with Crippen molar-refractivity contribution in [2.24, 2.45) is 0 Å². The van der Waals surface area contributed by atoms with Crippen molar-refractivity contribution in [2.45, 2.75) is 6.92 Å². The summed E-state index contributed by atoms with van der Waals surface area (Å²) in [4.78, 5) is 21.7. The highest BCUT2D eigenvalue weighted by Gasteiger charge is 2.21. The molecule has 0 aliphatic rings. The van der Waals surface area contributed by atoms with Crippen molar-refractivity contribution in [1.29, 1.82) is 0 Å². The van der Waals surface area contributed by atoms with E-state index in [2.05, 4.69) is 0 Å². The van der Waals surface area contributed by atoms with Gasteiger partial charge in [0.2, 0.25) is 0 Å². The Morgan fingerprint density at radius 3 is 2.78 bits per heavy atom. The van der Waals surface area contributed by atoms with Crippen LogP contribution in [0.15, 0.2) is 18.2 Å². The number of hydrogen-bond acceptors (Lipinski definition) is 5. The zero-order valence-corrected chi connectivity index (χ0v) is 10.5. The molecule has 0 N–H and O–H groups in total. The Balaban J connectivity index is 2.77. The second kappa shape index (κ2) is 6.93. The molecule has 0 amide bonds. The Morgan fingerprint density at radius 2 is 2.17 bits per heavy atom. The number of hydrogen-bond donors (Lipinski definition) is 0. The fourth-order valence-electron chi connectivity index (χ4n) is 1.25. The van der Waals surface area contributed by atoms with Gasteiger partial charge in [-0.05, 0) is 19.1 Å². The van der Waals surface area contributed by atoms with Gasteiger partial charge < -0.3 is 9.47 Å². The molecule has 0 unspecified atom stereocenters. The summed E-state index contributed by atoms with van der Waals surface area (Å²) in [7, 11) is 0. The first-order chi connectivity index (χ1) is 8.56. The lowest BCUT2D eigenvalue weighted by Gasteiger charge is -2.05. The molecular weight excluding hydrogens is 262 g/mol. The molecule has 0 aliphatic heterocycles. The molecular formula is C11H12ClNO5. The van der Waals surface area contributed by atoms with Crippen LogP contribution in [0.1, 0.15) is 17.3 Å². The van der Waals surface area contributed by atoms with E-state index in [9.17, 15) is 14.9 Å². The lowest BCUT2D eigenvalue weighted by atomic mass is 10.2. The van der Waals surface area contributed by atoms with Gasteiger partial charge >= 0.3 is 5.97 Å². The van der Waals surface area contributed by atoms with Gasteiger partial charge in [-0.2, -0.15) is 0 Å². The lowest BCUT2D eigenvalue weighted by molar-refractivity contribution is -0.385. The van der Waals surface area contributed by atoms with Crippen LogP contribution in [0.2, 0.25) is 5.02 Å². The van der Waals surface area contributed by atoms with E-state index in [4.69, 9.17) is 21.1 Å². The molecule has 0 radical (unpaired) electrons. The highest BCUT2D eigenvalue weighted by atomic mass is 35.5. The summed E-state index contributed by atoms with van der Waals surface area (Å²) in [5, 5.41) is 11.0. The maximum atomic E-state index is 11.6. The molecule has 7 heteroatoms. The van der Waals surface area contributed by atoms with Gasteiger partial charge in [0.05, 0.1) is 11.5 Å². The Morgan fingerprint density at radius 1 is 1.44 bits per heavy atom. The normalized spacial score (nSPS) is 10.1. The van der Waals surface area contributed by atoms with Crippen LogP contribution in [0.5, 0.6) is 0 Å². The molecule has 0 fully saturated rings. The van der Waals surface area contributed by atoms with Crippen molar-refractivity contribution in [3.8, 4) is 0 Å². The van der Waals surface area contributed by atoms with E-state index in [1.54, 1.807) is 0 Å². The SMILES string of the molecule is CCOCCOC(=O)c1cc(Cl)ccc1[N+](=O)[O-]. The van der Waals surface area contributed by atoms with Crippen molar-refractivity contribution in [2.75, 3.05) is 19.8 Å². The quantitative estimate of drug-likeness (QED) is 0.344. The number of nitro benzene ring substituents is 1. The van der Waals surface area contributed by atoms with Crippen molar-refractivity contribution in [3.63, 3.8) is 0 Å². The van der Waals surface area contributed by atoms with Gasteiger partial charge in [-0.1, -0.05) is 11.6 Å². The predicted molar refractivity (Wildman–Crippen MR) is 64.9 cm³/mol. The molecule has 0 saturated heterocycles. The van der Waals surface area contributed by atoms with Crippen LogP contribution in [0, 0.1) is 10.1 Å². The Hall–Kier alpha value is -1.66. The molecule has 6 nitrogen and oxygen atoms in total. The fourth-order valence-corrected chi connectivity index (χ4v) is 1.42. The van der Waals surface area contributed by atoms with Gasteiger partial charge in [-0.3, -0.25) is 10.1 Å². The second-order valence-electron chi connectivity index (χ2n) is 3.25. The summed E-state index contributed by atoms with van der Waals surface area (Å²) in [5.41, 5.74) is -0.496. The minimum Gasteiger partial charge on any atom is -0.459 e. The predicted octanol–water partition coefficient (Wildman–Crippen LogP) is 2.44. The van der Waals surface area contributed by atoms with Crippen molar-refractivity contribution in [3.05, 3.63) is 38.9 Å². The topological polar surface area (TPSA) is 78.7 Å². The maximum Gasteiger partial charge on any atom is 0.345 e. The van der Waals surface area contributed by atoms with Gasteiger partial charge in [0, 0.05) is 17.7 Å². The number of nitrogens with zero attached hydrogens (tertiary/aromatic N) is 1. The van der Waals surface area contributed by atoms with Crippen LogP contribution >= 0.6 is 11.6 Å². The van der Waals surface area contributed by atoms with E-state index in [0.717, 1.165) is 0 Å². The van der Waals surface area contributed by atoms with Crippen LogP contribution in [0.3, 0.4) is 0 Å². The third-order valence-corrected chi connectivity index (χ3v) is 2.28. The van der Waals surface area contributed by atoms with E-state index in [-0.39, 0.29) is 29.5 Å². The summed E-state index contributed by atoms with van der Waals surface area (Å²) in [6.07, 6.45) is 0. The molecule has 1 aromatic rings. The zero-order valence-electron chi connectivity index (χ0n) is 9.72. The Labute approximate surface area is 109 Å². The number of ether oxygens (including phenoxy) is 2. The highest BCUT2D eigenvalue weighted by molar-refractivity contribution is 6.31. The molecule has 0 aromatic heterocycles. The standard InChI is InChI=1S/C11H12ClNO5/c1-2-17-5-6-18-11(14)9-7-8(12)3-4-10(9)13(15)16/h3-4,7H,2,5-6H2,1H3. The number of benzene rings is 1. The van der Waals surface area contributed by atoms with E-state index >= 15 is 0 Å². The first-order valence-electron chi connectivity index (χ1n) is 5.25. The Bertz CT molecular complexity index is 449. The average molecular weight is 274 g/mol. The van der Waals surface area contributed by atoms with Crippen molar-refractivity contribution < 1.29 is 19.2 Å². The summed E-state index contributed by atoms with van der Waals surface area (Å²) < 4.78 is 9.83. The molecule has 0 bridgehead atoms. The van der Waals surface area contributed by atoms with Crippen LogP contribution in [0.25, 0.3) is 0 Å². The van der Waals surface area contributed by atoms with E-state index < -0.39 is 10.9 Å². The molecule has 1 rings (SSSR count). The molecule has 0 atom stereocenters. The largest absolute Gasteiger partial charge is 0.459 e. The van der Waals surface area contributed by atoms with Gasteiger partial charge in [0.15, 0.2) is 0 Å². The first kappa shape index (κ1) is 14.4. The summed E-state index contributed by atoms with van der Waals surface area (Å²) in [6.45, 7) is 2.60. The summed E-state index contributed by atoms with van der Waals surface area (Å²) >= 11 is 5.69. The first-order valence-corrected chi connectivity index (χ1v) is 5.63. The van der Waals surface area contributed by atoms with E-state index in [1.165, 1.54) is 18.2 Å². The lowest BCUT2D eigenvalue weighted by Crippen LogP contribution is -2.12. The number of halogens is 1. The van der Waals surface area contributed by atoms with Crippen LogP contribution in [0.4, 0.5) is 5.69 Å². The third-order valence-electron chi connectivity index (χ3n) is 2.04. The number of carbonyl (C=O) groups is 1. The molecule has 0 spiro atoms. The molecule has 98 valence electrons. The number of rotatable bonds is 6. The van der Waals surface area contributed by atoms with E-state index in [0.29, 0.717) is 6.61 Å². The fraction of sp³-hybridized carbons (Fsp3) is 0.364. The number of esters is 1.